The van der Waals surface area contributed by atoms with Gasteiger partial charge in [0.2, 0.25) is 0 Å². The molecule has 0 aliphatic carbocycles. The number of ether oxygens (including phenoxy) is 2. The molecule has 21 heavy (non-hydrogen) atoms. The maximum Gasteiger partial charge on any atom is 0.119 e. The van der Waals surface area contributed by atoms with Crippen LogP contribution >= 0.6 is 0 Å². The van der Waals surface area contributed by atoms with Gasteiger partial charge in [0.1, 0.15) is 5.75 Å². The van der Waals surface area contributed by atoms with Gasteiger partial charge in [-0.15, -0.1) is 0 Å². The highest BCUT2D eigenvalue weighted by molar-refractivity contribution is 5.28. The molecule has 2 aromatic rings. The maximum absolute atomic E-state index is 5.25. The minimum Gasteiger partial charge on any atom is -0.497 e. The highest BCUT2D eigenvalue weighted by Crippen LogP contribution is 2.13. The van der Waals surface area contributed by atoms with Crippen LogP contribution in [0.5, 0.6) is 5.75 Å². The molecule has 2 rings (SSSR count). The molecule has 114 valence electrons. The van der Waals surface area contributed by atoms with E-state index in [9.17, 15) is 0 Å². The van der Waals surface area contributed by atoms with Crippen LogP contribution in [-0.2, 0) is 24.2 Å². The molecule has 0 amide bonds. The third kappa shape index (κ3) is 4.88. The van der Waals surface area contributed by atoms with Crippen LogP contribution in [0.2, 0.25) is 0 Å². The Morgan fingerprint density at radius 3 is 3.00 bits per heavy atom. The van der Waals surface area contributed by atoms with Crippen molar-refractivity contribution in [2.75, 3.05) is 27.4 Å². The van der Waals surface area contributed by atoms with Gasteiger partial charge >= 0.3 is 0 Å². The fourth-order valence-electron chi connectivity index (χ4n) is 2.16. The second-order valence-electron chi connectivity index (χ2n) is 4.85. The lowest BCUT2D eigenvalue weighted by Crippen LogP contribution is -2.20. The third-order valence-electron chi connectivity index (χ3n) is 3.36. The largest absolute Gasteiger partial charge is 0.497 e. The summed E-state index contributed by atoms with van der Waals surface area (Å²) in [5.74, 6) is 0.902. The molecule has 0 bridgehead atoms. The molecule has 5 nitrogen and oxygen atoms in total. The van der Waals surface area contributed by atoms with Crippen LogP contribution in [-0.4, -0.2) is 36.9 Å². The van der Waals surface area contributed by atoms with Crippen LogP contribution in [0.15, 0.2) is 36.8 Å². The van der Waals surface area contributed by atoms with Gasteiger partial charge in [-0.2, -0.15) is 0 Å². The van der Waals surface area contributed by atoms with Crippen molar-refractivity contribution in [3.05, 3.63) is 48.0 Å². The summed E-state index contributed by atoms with van der Waals surface area (Å²) in [7, 11) is 3.40. The second kappa shape index (κ2) is 8.44. The van der Waals surface area contributed by atoms with Crippen molar-refractivity contribution >= 4 is 0 Å². The smallest absolute Gasteiger partial charge is 0.119 e. The minimum absolute atomic E-state index is 0.720. The van der Waals surface area contributed by atoms with Crippen molar-refractivity contribution in [1.29, 1.82) is 0 Å². The number of nitrogens with zero attached hydrogens (tertiary/aromatic N) is 2. The number of imidazole rings is 1. The van der Waals surface area contributed by atoms with Gasteiger partial charge in [0, 0.05) is 32.9 Å². The van der Waals surface area contributed by atoms with Gasteiger partial charge in [-0.1, -0.05) is 12.1 Å². The number of rotatable bonds is 9. The average Bonchev–Trinajstić information content (AvgIpc) is 2.97. The zero-order valence-corrected chi connectivity index (χ0v) is 12.7. The van der Waals surface area contributed by atoms with Gasteiger partial charge in [0.15, 0.2) is 0 Å². The molecule has 0 aliphatic heterocycles. The molecule has 5 heteroatoms. The highest BCUT2D eigenvalue weighted by Gasteiger charge is 2.03. The molecular formula is C16H23N3O2. The Morgan fingerprint density at radius 2 is 2.19 bits per heavy atom. The number of nitrogens with one attached hydrogen (secondary N) is 1. The molecule has 0 aliphatic rings. The quantitative estimate of drug-likeness (QED) is 0.716. The molecule has 0 spiro atoms. The number of aryl methyl sites for hydroxylation is 2. The van der Waals surface area contributed by atoms with Crippen LogP contribution in [0.4, 0.5) is 0 Å². The van der Waals surface area contributed by atoms with Gasteiger partial charge in [0.25, 0.3) is 0 Å². The van der Waals surface area contributed by atoms with E-state index in [0.717, 1.165) is 38.4 Å². The first-order valence-electron chi connectivity index (χ1n) is 7.15. The standard InChI is InChI=1S/C16H23N3O2/c1-20-9-7-17-11-15-12-18-13-19(15)8-6-14-4-3-5-16(10-14)21-2/h3-5,10,12-13,17H,6-9,11H2,1-2H3. The first-order chi connectivity index (χ1) is 10.3. The summed E-state index contributed by atoms with van der Waals surface area (Å²) in [6, 6.07) is 8.19. The van der Waals surface area contributed by atoms with Gasteiger partial charge in [-0.05, 0) is 24.1 Å². The highest BCUT2D eigenvalue weighted by atomic mass is 16.5. The van der Waals surface area contributed by atoms with Crippen LogP contribution in [0, 0.1) is 0 Å². The summed E-state index contributed by atoms with van der Waals surface area (Å²) in [6.07, 6.45) is 4.75. The van der Waals surface area contributed by atoms with E-state index in [1.807, 2.05) is 24.7 Å². The fraction of sp³-hybridized carbons (Fsp3) is 0.438. The average molecular weight is 289 g/mol. The number of aromatic nitrogens is 2. The SMILES string of the molecule is COCCNCc1cncn1CCc1cccc(OC)c1. The fourth-order valence-corrected chi connectivity index (χ4v) is 2.16. The van der Waals surface area contributed by atoms with E-state index in [0.29, 0.717) is 0 Å². The van der Waals surface area contributed by atoms with Crippen molar-refractivity contribution < 1.29 is 9.47 Å². The van der Waals surface area contributed by atoms with Crippen molar-refractivity contribution in [3.8, 4) is 5.75 Å². The summed E-state index contributed by atoms with van der Waals surface area (Å²) in [6.45, 7) is 3.28. The number of hydrogen-bond acceptors (Lipinski definition) is 4. The summed E-state index contributed by atoms with van der Waals surface area (Å²) in [4.78, 5) is 4.23. The Labute approximate surface area is 125 Å². The number of benzene rings is 1. The van der Waals surface area contributed by atoms with Gasteiger partial charge in [0.05, 0.1) is 25.7 Å². The van der Waals surface area contributed by atoms with Crippen molar-refractivity contribution in [1.82, 2.24) is 14.9 Å². The molecular weight excluding hydrogens is 266 g/mol. The normalized spacial score (nSPS) is 10.8. The number of methoxy groups -OCH3 is 2. The van der Waals surface area contributed by atoms with Gasteiger partial charge < -0.3 is 19.4 Å². The Hall–Kier alpha value is -1.85. The Balaban J connectivity index is 1.86. The maximum atomic E-state index is 5.25. The first-order valence-corrected chi connectivity index (χ1v) is 7.15. The molecule has 0 radical (unpaired) electrons. The lowest BCUT2D eigenvalue weighted by atomic mass is 10.1. The van der Waals surface area contributed by atoms with E-state index in [-0.39, 0.29) is 0 Å². The van der Waals surface area contributed by atoms with Crippen molar-refractivity contribution in [3.63, 3.8) is 0 Å². The van der Waals surface area contributed by atoms with E-state index >= 15 is 0 Å². The summed E-state index contributed by atoms with van der Waals surface area (Å²) in [5.41, 5.74) is 2.45. The zero-order chi connectivity index (χ0) is 14.9. The summed E-state index contributed by atoms with van der Waals surface area (Å²) < 4.78 is 12.5. The molecule has 0 fully saturated rings. The molecule has 1 aromatic carbocycles. The van der Waals surface area contributed by atoms with E-state index in [2.05, 4.69) is 27.0 Å². The molecule has 0 saturated heterocycles. The zero-order valence-electron chi connectivity index (χ0n) is 12.7. The predicted octanol–water partition coefficient (Wildman–Crippen LogP) is 1.87. The Bertz CT molecular complexity index is 540. The van der Waals surface area contributed by atoms with E-state index < -0.39 is 0 Å². The van der Waals surface area contributed by atoms with E-state index in [1.165, 1.54) is 11.3 Å². The predicted molar refractivity (Wildman–Crippen MR) is 82.5 cm³/mol. The van der Waals surface area contributed by atoms with Crippen LogP contribution in [0.1, 0.15) is 11.3 Å². The number of hydrogen-bond donors (Lipinski definition) is 1. The van der Waals surface area contributed by atoms with E-state index in [1.54, 1.807) is 14.2 Å². The lowest BCUT2D eigenvalue weighted by Gasteiger charge is -2.10. The minimum atomic E-state index is 0.720. The lowest BCUT2D eigenvalue weighted by molar-refractivity contribution is 0.199. The first kappa shape index (κ1) is 15.5. The third-order valence-corrected chi connectivity index (χ3v) is 3.36. The molecule has 1 N–H and O–H groups in total. The second-order valence-corrected chi connectivity index (χ2v) is 4.85. The monoisotopic (exact) mass is 289 g/mol. The van der Waals surface area contributed by atoms with Gasteiger partial charge in [-0.25, -0.2) is 4.98 Å². The van der Waals surface area contributed by atoms with E-state index in [4.69, 9.17) is 9.47 Å². The molecule has 1 heterocycles. The van der Waals surface area contributed by atoms with Crippen LogP contribution < -0.4 is 10.1 Å². The van der Waals surface area contributed by atoms with Crippen LogP contribution in [0.3, 0.4) is 0 Å². The molecule has 1 aromatic heterocycles. The van der Waals surface area contributed by atoms with Crippen LogP contribution in [0.25, 0.3) is 0 Å². The Morgan fingerprint density at radius 1 is 1.29 bits per heavy atom. The van der Waals surface area contributed by atoms with Crippen molar-refractivity contribution in [2.24, 2.45) is 0 Å². The molecule has 0 unspecified atom stereocenters. The summed E-state index contributed by atoms with van der Waals surface area (Å²) >= 11 is 0. The molecule has 0 atom stereocenters. The Kier molecular flexibility index (Phi) is 6.24. The molecule has 0 saturated carbocycles. The topological polar surface area (TPSA) is 48.3 Å². The van der Waals surface area contributed by atoms with Crippen molar-refractivity contribution in [2.45, 2.75) is 19.5 Å². The summed E-state index contributed by atoms with van der Waals surface area (Å²) in [5, 5.41) is 3.34. The van der Waals surface area contributed by atoms with Gasteiger partial charge in [-0.3, -0.25) is 0 Å².